The van der Waals surface area contributed by atoms with Crippen LogP contribution in [-0.4, -0.2) is 12.9 Å². The third-order valence-corrected chi connectivity index (χ3v) is 2.17. The van der Waals surface area contributed by atoms with Crippen LogP contribution in [0.5, 0.6) is 5.75 Å². The minimum atomic E-state index is 0.0910. The summed E-state index contributed by atoms with van der Waals surface area (Å²) in [6, 6.07) is 1.74. The van der Waals surface area contributed by atoms with Gasteiger partial charge in [-0.05, 0) is 6.92 Å². The summed E-state index contributed by atoms with van der Waals surface area (Å²) in [5.41, 5.74) is 0. The highest BCUT2D eigenvalue weighted by Crippen LogP contribution is 2.20. The van der Waals surface area contributed by atoms with Crippen LogP contribution in [0.15, 0.2) is 11.4 Å². The molecule has 1 aromatic heterocycles. The van der Waals surface area contributed by atoms with E-state index in [2.05, 4.69) is 0 Å². The first-order valence-electron chi connectivity index (χ1n) is 2.87. The molecule has 0 radical (unpaired) electrons. The number of carbonyl (C=O) groups excluding carboxylic acids is 1. The van der Waals surface area contributed by atoms with Gasteiger partial charge in [0.1, 0.15) is 5.75 Å². The molecule has 1 aromatic rings. The molecular formula is C7H8O2S. The first-order valence-corrected chi connectivity index (χ1v) is 3.75. The molecule has 0 saturated carbocycles. The van der Waals surface area contributed by atoms with E-state index in [0.29, 0.717) is 0 Å². The maximum Gasteiger partial charge on any atom is 0.169 e. The lowest BCUT2D eigenvalue weighted by atomic mass is 10.3. The molecule has 0 bridgehead atoms. The van der Waals surface area contributed by atoms with Crippen molar-refractivity contribution in [2.24, 2.45) is 0 Å². The van der Waals surface area contributed by atoms with Crippen LogP contribution in [-0.2, 0) is 0 Å². The van der Waals surface area contributed by atoms with Crippen molar-refractivity contribution >= 4 is 17.1 Å². The Balaban J connectivity index is 2.88. The Kier molecular flexibility index (Phi) is 2.06. The van der Waals surface area contributed by atoms with E-state index in [0.717, 1.165) is 10.6 Å². The maximum absolute atomic E-state index is 10.7. The van der Waals surface area contributed by atoms with Crippen LogP contribution in [0.25, 0.3) is 0 Å². The lowest BCUT2D eigenvalue weighted by molar-refractivity contribution is 0.102. The predicted molar refractivity (Wildman–Crippen MR) is 40.9 cm³/mol. The molecular weight excluding hydrogens is 148 g/mol. The van der Waals surface area contributed by atoms with Gasteiger partial charge < -0.3 is 4.74 Å². The number of ketones is 1. The highest BCUT2D eigenvalue weighted by Gasteiger charge is 2.02. The molecule has 1 rings (SSSR count). The zero-order chi connectivity index (χ0) is 7.56. The molecule has 0 fully saturated rings. The zero-order valence-electron chi connectivity index (χ0n) is 5.88. The molecule has 0 atom stereocenters. The average molecular weight is 156 g/mol. The normalized spacial score (nSPS) is 9.40. The molecule has 1 heterocycles. The summed E-state index contributed by atoms with van der Waals surface area (Å²) in [6.45, 7) is 1.55. The number of thiophene rings is 1. The van der Waals surface area contributed by atoms with Crippen LogP contribution in [0.3, 0.4) is 0 Å². The number of Topliss-reactive ketones (excluding diaryl/α,β-unsaturated/α-hetero) is 1. The molecule has 10 heavy (non-hydrogen) atoms. The third kappa shape index (κ3) is 1.36. The lowest BCUT2D eigenvalue weighted by Crippen LogP contribution is -1.84. The summed E-state index contributed by atoms with van der Waals surface area (Å²) in [6.07, 6.45) is 0. The van der Waals surface area contributed by atoms with Crippen LogP contribution >= 0.6 is 11.3 Å². The van der Waals surface area contributed by atoms with Crippen LogP contribution < -0.4 is 4.74 Å². The molecule has 0 aliphatic heterocycles. The summed E-state index contributed by atoms with van der Waals surface area (Å²) in [7, 11) is 1.59. The van der Waals surface area contributed by atoms with E-state index in [1.54, 1.807) is 20.1 Å². The minimum Gasteiger partial charge on any atom is -0.496 e. The molecule has 0 aliphatic rings. The van der Waals surface area contributed by atoms with Crippen LogP contribution in [0.1, 0.15) is 16.6 Å². The fraction of sp³-hybridized carbons (Fsp3) is 0.286. The van der Waals surface area contributed by atoms with E-state index in [-0.39, 0.29) is 5.78 Å². The van der Waals surface area contributed by atoms with Gasteiger partial charge in [0.2, 0.25) is 0 Å². The van der Waals surface area contributed by atoms with Crippen LogP contribution in [0.4, 0.5) is 0 Å². The van der Waals surface area contributed by atoms with Crippen molar-refractivity contribution in [2.45, 2.75) is 6.92 Å². The molecule has 3 heteroatoms. The highest BCUT2D eigenvalue weighted by molar-refractivity contribution is 7.12. The second-order valence-electron chi connectivity index (χ2n) is 1.91. The summed E-state index contributed by atoms with van der Waals surface area (Å²) in [4.78, 5) is 11.5. The van der Waals surface area contributed by atoms with Crippen molar-refractivity contribution in [3.05, 3.63) is 16.3 Å². The number of ether oxygens (including phenoxy) is 1. The van der Waals surface area contributed by atoms with Gasteiger partial charge in [-0.15, -0.1) is 11.3 Å². The number of carbonyl (C=O) groups is 1. The molecule has 0 aromatic carbocycles. The molecule has 54 valence electrons. The van der Waals surface area contributed by atoms with E-state index in [1.165, 1.54) is 11.3 Å². The van der Waals surface area contributed by atoms with Crippen molar-refractivity contribution in [1.29, 1.82) is 0 Å². The predicted octanol–water partition coefficient (Wildman–Crippen LogP) is 1.96. The lowest BCUT2D eigenvalue weighted by Gasteiger charge is -1.88. The quantitative estimate of drug-likeness (QED) is 0.612. The first kappa shape index (κ1) is 7.28. The van der Waals surface area contributed by atoms with Gasteiger partial charge in [-0.2, -0.15) is 0 Å². The standard InChI is InChI=1S/C7H8O2S/c1-5(8)7-3-6(9-2)4-10-7/h3-4H,1-2H3. The summed E-state index contributed by atoms with van der Waals surface area (Å²) in [5, 5.41) is 1.82. The maximum atomic E-state index is 10.7. The number of rotatable bonds is 2. The topological polar surface area (TPSA) is 26.3 Å². The Morgan fingerprint density at radius 1 is 1.70 bits per heavy atom. The molecule has 0 saturated heterocycles. The SMILES string of the molecule is COc1csc(C(C)=O)c1. The second kappa shape index (κ2) is 2.84. The van der Waals surface area contributed by atoms with Crippen molar-refractivity contribution in [1.82, 2.24) is 0 Å². The molecule has 2 nitrogen and oxygen atoms in total. The average Bonchev–Trinajstić information content (AvgIpc) is 2.34. The summed E-state index contributed by atoms with van der Waals surface area (Å²) < 4.78 is 4.90. The molecule has 0 aliphatic carbocycles. The fourth-order valence-corrected chi connectivity index (χ4v) is 1.37. The van der Waals surface area contributed by atoms with Crippen LogP contribution in [0, 0.1) is 0 Å². The summed E-state index contributed by atoms with van der Waals surface area (Å²) in [5.74, 6) is 0.850. The van der Waals surface area contributed by atoms with Gasteiger partial charge in [0.15, 0.2) is 5.78 Å². The van der Waals surface area contributed by atoms with Gasteiger partial charge in [-0.1, -0.05) is 0 Å². The van der Waals surface area contributed by atoms with Gasteiger partial charge in [0, 0.05) is 11.4 Å². The smallest absolute Gasteiger partial charge is 0.169 e. The van der Waals surface area contributed by atoms with E-state index in [9.17, 15) is 4.79 Å². The Bertz CT molecular complexity index is 240. The van der Waals surface area contributed by atoms with Gasteiger partial charge in [-0.3, -0.25) is 4.79 Å². The van der Waals surface area contributed by atoms with Crippen LogP contribution in [0.2, 0.25) is 0 Å². The minimum absolute atomic E-state index is 0.0910. The van der Waals surface area contributed by atoms with Crippen molar-refractivity contribution in [3.8, 4) is 5.75 Å². The third-order valence-electron chi connectivity index (χ3n) is 1.16. The van der Waals surface area contributed by atoms with Gasteiger partial charge in [-0.25, -0.2) is 0 Å². The van der Waals surface area contributed by atoms with E-state index in [4.69, 9.17) is 4.74 Å². The Labute approximate surface area is 63.4 Å². The first-order chi connectivity index (χ1) is 4.74. The van der Waals surface area contributed by atoms with E-state index >= 15 is 0 Å². The molecule has 0 N–H and O–H groups in total. The molecule has 0 amide bonds. The van der Waals surface area contributed by atoms with Gasteiger partial charge in [0.25, 0.3) is 0 Å². The highest BCUT2D eigenvalue weighted by atomic mass is 32.1. The molecule has 0 spiro atoms. The Hall–Kier alpha value is -0.830. The Morgan fingerprint density at radius 3 is 2.70 bits per heavy atom. The summed E-state index contributed by atoms with van der Waals surface area (Å²) >= 11 is 1.41. The van der Waals surface area contributed by atoms with Gasteiger partial charge in [0.05, 0.1) is 12.0 Å². The number of hydrogen-bond donors (Lipinski definition) is 0. The molecule has 0 unspecified atom stereocenters. The van der Waals surface area contributed by atoms with Crippen molar-refractivity contribution in [3.63, 3.8) is 0 Å². The largest absolute Gasteiger partial charge is 0.496 e. The number of methoxy groups -OCH3 is 1. The van der Waals surface area contributed by atoms with Crippen molar-refractivity contribution in [2.75, 3.05) is 7.11 Å². The number of hydrogen-bond acceptors (Lipinski definition) is 3. The fourth-order valence-electron chi connectivity index (χ4n) is 0.610. The zero-order valence-corrected chi connectivity index (χ0v) is 6.70. The van der Waals surface area contributed by atoms with Gasteiger partial charge >= 0.3 is 0 Å². The second-order valence-corrected chi connectivity index (χ2v) is 2.82. The van der Waals surface area contributed by atoms with E-state index in [1.807, 2.05) is 5.38 Å². The van der Waals surface area contributed by atoms with E-state index < -0.39 is 0 Å². The Morgan fingerprint density at radius 2 is 2.40 bits per heavy atom. The van der Waals surface area contributed by atoms with Crippen molar-refractivity contribution < 1.29 is 9.53 Å². The monoisotopic (exact) mass is 156 g/mol.